The Morgan fingerprint density at radius 3 is 2.26 bits per heavy atom. The van der Waals surface area contributed by atoms with Gasteiger partial charge in [0.2, 0.25) is 5.95 Å². The van der Waals surface area contributed by atoms with Crippen molar-refractivity contribution in [3.8, 4) is 11.4 Å². The summed E-state index contributed by atoms with van der Waals surface area (Å²) in [4.78, 5) is 6.51. The number of hydrogen-bond donors (Lipinski definition) is 0. The molecular formula is C15H22N4. The zero-order valence-corrected chi connectivity index (χ0v) is 12.4. The summed E-state index contributed by atoms with van der Waals surface area (Å²) in [5.41, 5.74) is 2.43. The van der Waals surface area contributed by atoms with Crippen molar-refractivity contribution in [1.29, 1.82) is 0 Å². The fourth-order valence-electron chi connectivity index (χ4n) is 2.15. The van der Waals surface area contributed by atoms with Gasteiger partial charge in [-0.15, -0.1) is 5.10 Å². The minimum atomic E-state index is 0.680. The van der Waals surface area contributed by atoms with Crippen LogP contribution < -0.4 is 4.90 Å². The van der Waals surface area contributed by atoms with Gasteiger partial charge in [-0.3, -0.25) is 0 Å². The van der Waals surface area contributed by atoms with Crippen molar-refractivity contribution in [2.24, 2.45) is 13.0 Å². The van der Waals surface area contributed by atoms with Gasteiger partial charge < -0.3 is 4.90 Å². The van der Waals surface area contributed by atoms with E-state index in [9.17, 15) is 0 Å². The van der Waals surface area contributed by atoms with Crippen LogP contribution in [0.1, 0.15) is 19.4 Å². The second kappa shape index (κ2) is 5.43. The second-order valence-corrected chi connectivity index (χ2v) is 5.55. The first-order valence-electron chi connectivity index (χ1n) is 6.65. The summed E-state index contributed by atoms with van der Waals surface area (Å²) >= 11 is 0. The quantitative estimate of drug-likeness (QED) is 0.845. The molecule has 0 aliphatic rings. The van der Waals surface area contributed by atoms with Gasteiger partial charge in [-0.05, 0) is 17.9 Å². The maximum absolute atomic E-state index is 4.55. The van der Waals surface area contributed by atoms with E-state index in [2.05, 4.69) is 48.2 Å². The highest BCUT2D eigenvalue weighted by Crippen LogP contribution is 2.20. The Labute approximate surface area is 115 Å². The summed E-state index contributed by atoms with van der Waals surface area (Å²) in [5.74, 6) is 2.32. The minimum absolute atomic E-state index is 0.680. The van der Waals surface area contributed by atoms with Crippen molar-refractivity contribution in [2.45, 2.75) is 20.3 Å². The fraction of sp³-hybridized carbons (Fsp3) is 0.467. The monoisotopic (exact) mass is 258 g/mol. The van der Waals surface area contributed by atoms with Crippen LogP contribution in [0.25, 0.3) is 11.4 Å². The minimum Gasteiger partial charge on any atom is -0.347 e. The van der Waals surface area contributed by atoms with Gasteiger partial charge in [0.15, 0.2) is 5.82 Å². The molecule has 0 saturated carbocycles. The van der Waals surface area contributed by atoms with Crippen LogP contribution in [0, 0.1) is 5.92 Å². The molecule has 0 radical (unpaired) electrons. The average molecular weight is 258 g/mol. The maximum Gasteiger partial charge on any atom is 0.223 e. The maximum atomic E-state index is 4.55. The van der Waals surface area contributed by atoms with Gasteiger partial charge in [0, 0.05) is 26.7 Å². The summed E-state index contributed by atoms with van der Waals surface area (Å²) in [5, 5.41) is 4.46. The molecule has 0 atom stereocenters. The summed E-state index contributed by atoms with van der Waals surface area (Å²) in [6.07, 6.45) is 1.11. The zero-order chi connectivity index (χ0) is 14.0. The first-order chi connectivity index (χ1) is 8.97. The highest BCUT2D eigenvalue weighted by molar-refractivity contribution is 5.57. The molecule has 0 aliphatic heterocycles. The number of rotatable bonds is 4. The predicted octanol–water partition coefficient (Wildman–Crippen LogP) is 2.75. The number of benzene rings is 1. The number of hydrogen-bond acceptors (Lipinski definition) is 3. The third-order valence-electron chi connectivity index (χ3n) is 3.00. The van der Waals surface area contributed by atoms with Gasteiger partial charge in [-0.25, -0.2) is 4.68 Å². The van der Waals surface area contributed by atoms with Crippen LogP contribution in [0.3, 0.4) is 0 Å². The van der Waals surface area contributed by atoms with Crippen molar-refractivity contribution in [3.05, 3.63) is 29.8 Å². The molecule has 0 fully saturated rings. The molecule has 19 heavy (non-hydrogen) atoms. The molecule has 0 unspecified atom stereocenters. The Balaban J connectivity index is 2.25. The lowest BCUT2D eigenvalue weighted by Crippen LogP contribution is -2.14. The van der Waals surface area contributed by atoms with Gasteiger partial charge in [0.1, 0.15) is 0 Å². The fourth-order valence-corrected chi connectivity index (χ4v) is 2.15. The van der Waals surface area contributed by atoms with E-state index in [-0.39, 0.29) is 0 Å². The van der Waals surface area contributed by atoms with Crippen LogP contribution in [0.4, 0.5) is 5.95 Å². The van der Waals surface area contributed by atoms with Crippen molar-refractivity contribution in [1.82, 2.24) is 14.8 Å². The van der Waals surface area contributed by atoms with E-state index in [1.165, 1.54) is 5.56 Å². The van der Waals surface area contributed by atoms with Gasteiger partial charge in [0.25, 0.3) is 0 Å². The summed E-state index contributed by atoms with van der Waals surface area (Å²) < 4.78 is 1.80. The summed E-state index contributed by atoms with van der Waals surface area (Å²) in [6.45, 7) is 4.47. The largest absolute Gasteiger partial charge is 0.347 e. The molecule has 0 amide bonds. The molecule has 0 saturated heterocycles. The third kappa shape index (κ3) is 3.13. The van der Waals surface area contributed by atoms with Crippen LogP contribution >= 0.6 is 0 Å². The Hall–Kier alpha value is -1.84. The first kappa shape index (κ1) is 13.6. The van der Waals surface area contributed by atoms with E-state index in [0.29, 0.717) is 5.92 Å². The molecule has 2 aromatic rings. The topological polar surface area (TPSA) is 34.0 Å². The van der Waals surface area contributed by atoms with Crippen LogP contribution in [0.2, 0.25) is 0 Å². The van der Waals surface area contributed by atoms with E-state index >= 15 is 0 Å². The van der Waals surface area contributed by atoms with Crippen LogP contribution in [-0.2, 0) is 13.5 Å². The number of aromatic nitrogens is 3. The summed E-state index contributed by atoms with van der Waals surface area (Å²) in [6, 6.07) is 8.54. The molecule has 1 heterocycles. The summed E-state index contributed by atoms with van der Waals surface area (Å²) in [7, 11) is 5.86. The normalized spacial score (nSPS) is 11.1. The molecule has 4 heteroatoms. The highest BCUT2D eigenvalue weighted by atomic mass is 15.4. The lowest BCUT2D eigenvalue weighted by Gasteiger charge is -2.08. The van der Waals surface area contributed by atoms with E-state index in [0.717, 1.165) is 23.8 Å². The molecule has 1 aromatic carbocycles. The molecule has 0 N–H and O–H groups in total. The van der Waals surface area contributed by atoms with Crippen molar-refractivity contribution in [2.75, 3.05) is 19.0 Å². The van der Waals surface area contributed by atoms with E-state index in [1.807, 2.05) is 26.0 Å². The molecule has 102 valence electrons. The zero-order valence-electron chi connectivity index (χ0n) is 12.4. The van der Waals surface area contributed by atoms with Crippen LogP contribution in [0.5, 0.6) is 0 Å². The Kier molecular flexibility index (Phi) is 3.88. The van der Waals surface area contributed by atoms with E-state index in [4.69, 9.17) is 0 Å². The molecule has 0 aliphatic carbocycles. The Morgan fingerprint density at radius 1 is 1.16 bits per heavy atom. The highest BCUT2D eigenvalue weighted by Gasteiger charge is 2.10. The molecular weight excluding hydrogens is 236 g/mol. The number of anilines is 1. The molecule has 0 bridgehead atoms. The molecule has 0 spiro atoms. The Bertz CT molecular complexity index is 538. The van der Waals surface area contributed by atoms with Crippen molar-refractivity contribution < 1.29 is 0 Å². The van der Waals surface area contributed by atoms with Crippen molar-refractivity contribution >= 4 is 5.95 Å². The van der Waals surface area contributed by atoms with Crippen LogP contribution in [-0.4, -0.2) is 28.9 Å². The predicted molar refractivity (Wildman–Crippen MR) is 79.3 cm³/mol. The lowest BCUT2D eigenvalue weighted by atomic mass is 10.0. The van der Waals surface area contributed by atoms with Crippen LogP contribution in [0.15, 0.2) is 24.3 Å². The third-order valence-corrected chi connectivity index (χ3v) is 3.00. The van der Waals surface area contributed by atoms with Gasteiger partial charge in [0.05, 0.1) is 0 Å². The average Bonchev–Trinajstić information content (AvgIpc) is 2.71. The first-order valence-corrected chi connectivity index (χ1v) is 6.65. The number of aryl methyl sites for hydroxylation is 1. The second-order valence-electron chi connectivity index (χ2n) is 5.55. The standard InChI is InChI=1S/C15H22N4/c1-11(2)10-12-6-8-13(9-7-12)14-16-15(18(3)4)19(5)17-14/h6-9,11H,10H2,1-5H3. The number of nitrogens with zero attached hydrogens (tertiary/aromatic N) is 4. The van der Waals surface area contributed by atoms with Gasteiger partial charge in [-0.2, -0.15) is 4.98 Å². The Morgan fingerprint density at radius 2 is 1.79 bits per heavy atom. The molecule has 2 rings (SSSR count). The smallest absolute Gasteiger partial charge is 0.223 e. The molecule has 1 aromatic heterocycles. The van der Waals surface area contributed by atoms with Gasteiger partial charge >= 0.3 is 0 Å². The van der Waals surface area contributed by atoms with Crippen molar-refractivity contribution in [3.63, 3.8) is 0 Å². The SMILES string of the molecule is CC(C)Cc1ccc(-c2nc(N(C)C)n(C)n2)cc1. The van der Waals surface area contributed by atoms with Gasteiger partial charge in [-0.1, -0.05) is 38.1 Å². The van der Waals surface area contributed by atoms with E-state index < -0.39 is 0 Å². The van der Waals surface area contributed by atoms with E-state index in [1.54, 1.807) is 4.68 Å². The molecule has 4 nitrogen and oxygen atoms in total. The lowest BCUT2D eigenvalue weighted by molar-refractivity contribution is 0.647.